The second-order valence-electron chi connectivity index (χ2n) is 14.4. The number of carboxylic acids is 1. The van der Waals surface area contributed by atoms with Crippen molar-refractivity contribution in [2.24, 2.45) is 17.8 Å². The zero-order chi connectivity index (χ0) is 37.7. The Bertz CT molecular complexity index is 1400. The van der Waals surface area contributed by atoms with Crippen LogP contribution in [0.25, 0.3) is 0 Å². The van der Waals surface area contributed by atoms with E-state index < -0.39 is 30.1 Å². The van der Waals surface area contributed by atoms with E-state index in [1.807, 2.05) is 51.4 Å². The highest BCUT2D eigenvalue weighted by atomic mass is 32.1. The first-order valence-corrected chi connectivity index (χ1v) is 19.6. The number of rotatable bonds is 20. The maximum atomic E-state index is 14.3. The maximum Gasteiger partial charge on any atom is 0.306 e. The quantitative estimate of drug-likeness (QED) is 0.152. The first-order chi connectivity index (χ1) is 24.3. The van der Waals surface area contributed by atoms with Crippen LogP contribution in [0.3, 0.4) is 0 Å². The number of amides is 3. The summed E-state index contributed by atoms with van der Waals surface area (Å²) < 4.78 is 6.21. The zero-order valence-corrected chi connectivity index (χ0v) is 32.7. The number of hydrogen-bond donors (Lipinski definition) is 3. The van der Waals surface area contributed by atoms with E-state index in [2.05, 4.69) is 43.2 Å². The molecule has 1 aromatic carbocycles. The van der Waals surface area contributed by atoms with E-state index in [0.29, 0.717) is 24.5 Å². The van der Waals surface area contributed by atoms with Gasteiger partial charge in [0.2, 0.25) is 11.8 Å². The van der Waals surface area contributed by atoms with Gasteiger partial charge in [-0.15, -0.1) is 11.3 Å². The van der Waals surface area contributed by atoms with Crippen LogP contribution in [0.5, 0.6) is 0 Å². The lowest BCUT2D eigenvalue weighted by molar-refractivity contribution is -0.142. The summed E-state index contributed by atoms with van der Waals surface area (Å²) in [7, 11) is 3.79. The number of hydrogen-bond acceptors (Lipinski definition) is 8. The molecule has 1 fully saturated rings. The van der Waals surface area contributed by atoms with Crippen LogP contribution in [0.4, 0.5) is 0 Å². The van der Waals surface area contributed by atoms with Crippen molar-refractivity contribution in [2.75, 3.05) is 27.2 Å². The first-order valence-electron chi connectivity index (χ1n) is 18.7. The lowest BCUT2D eigenvalue weighted by atomic mass is 9.90. The van der Waals surface area contributed by atoms with Crippen LogP contribution < -0.4 is 10.6 Å². The highest BCUT2D eigenvalue weighted by Crippen LogP contribution is 2.31. The van der Waals surface area contributed by atoms with Gasteiger partial charge in [0.25, 0.3) is 5.91 Å². The Morgan fingerprint density at radius 3 is 2.31 bits per heavy atom. The Balaban J connectivity index is 1.79. The predicted octanol–water partition coefficient (Wildman–Crippen LogP) is 5.95. The SMILES string of the molecule is CCO[C@H](C[C@H](C(C)C)N(C)C(=O)C(NC(=O)C1CCCCN1C)C(CC)CC)c1nc(C(=O)N[C@@H](Cc2ccccc2)C[C@H](C)C(=O)O)cs1. The van der Waals surface area contributed by atoms with Gasteiger partial charge in [0.05, 0.1) is 12.0 Å². The minimum Gasteiger partial charge on any atom is -0.481 e. The van der Waals surface area contributed by atoms with Gasteiger partial charge in [-0.05, 0) is 63.6 Å². The lowest BCUT2D eigenvalue weighted by Crippen LogP contribution is -2.58. The Labute approximate surface area is 308 Å². The fourth-order valence-corrected chi connectivity index (χ4v) is 8.00. The molecule has 0 spiro atoms. The topological polar surface area (TPSA) is 141 Å². The molecule has 284 valence electrons. The summed E-state index contributed by atoms with van der Waals surface area (Å²) in [6, 6.07) is 8.18. The molecule has 0 bridgehead atoms. The molecule has 1 aromatic heterocycles. The van der Waals surface area contributed by atoms with Crippen molar-refractivity contribution in [1.82, 2.24) is 25.4 Å². The molecule has 3 rings (SSSR count). The molecule has 1 aliphatic heterocycles. The predicted molar refractivity (Wildman–Crippen MR) is 202 cm³/mol. The molecular weight excluding hydrogens is 667 g/mol. The number of ether oxygens (including phenoxy) is 1. The van der Waals surface area contributed by atoms with E-state index in [9.17, 15) is 24.3 Å². The maximum absolute atomic E-state index is 14.3. The lowest BCUT2D eigenvalue weighted by Gasteiger charge is -2.38. The Hall–Kier alpha value is -3.35. The second kappa shape index (κ2) is 20.6. The Morgan fingerprint density at radius 1 is 1.04 bits per heavy atom. The summed E-state index contributed by atoms with van der Waals surface area (Å²) in [4.78, 5) is 61.6. The van der Waals surface area contributed by atoms with Crippen LogP contribution in [0.2, 0.25) is 0 Å². The van der Waals surface area contributed by atoms with Gasteiger partial charge < -0.3 is 25.4 Å². The third-order valence-electron chi connectivity index (χ3n) is 10.3. The third kappa shape index (κ3) is 12.1. The van der Waals surface area contributed by atoms with Crippen molar-refractivity contribution in [3.63, 3.8) is 0 Å². The minimum atomic E-state index is -0.911. The third-order valence-corrected chi connectivity index (χ3v) is 11.3. The summed E-state index contributed by atoms with van der Waals surface area (Å²) in [5.41, 5.74) is 1.25. The zero-order valence-electron chi connectivity index (χ0n) is 31.9. The van der Waals surface area contributed by atoms with Crippen LogP contribution in [-0.4, -0.2) is 95.0 Å². The minimum absolute atomic E-state index is 0.00228. The smallest absolute Gasteiger partial charge is 0.306 e. The summed E-state index contributed by atoms with van der Waals surface area (Å²) in [5, 5.41) is 18.1. The molecule has 12 heteroatoms. The number of nitrogens with zero attached hydrogens (tertiary/aromatic N) is 3. The number of carboxylic acid groups (broad SMARTS) is 1. The number of likely N-dealkylation sites (tertiary alicyclic amines) is 1. The van der Waals surface area contributed by atoms with Crippen molar-refractivity contribution in [2.45, 2.75) is 123 Å². The van der Waals surface area contributed by atoms with Crippen molar-refractivity contribution in [1.29, 1.82) is 0 Å². The number of aliphatic carboxylic acids is 1. The van der Waals surface area contributed by atoms with Crippen molar-refractivity contribution < 1.29 is 29.0 Å². The number of aromatic nitrogens is 1. The Kier molecular flexibility index (Phi) is 17.0. The molecule has 6 atom stereocenters. The van der Waals surface area contributed by atoms with E-state index in [0.717, 1.165) is 44.2 Å². The summed E-state index contributed by atoms with van der Waals surface area (Å²) in [6.07, 6.45) is 5.16. The molecule has 3 N–H and O–H groups in total. The normalized spacial score (nSPS) is 18.1. The molecule has 2 heterocycles. The molecule has 0 radical (unpaired) electrons. The van der Waals surface area contributed by atoms with Crippen LogP contribution in [0, 0.1) is 17.8 Å². The van der Waals surface area contributed by atoms with Crippen molar-refractivity contribution >= 4 is 35.0 Å². The van der Waals surface area contributed by atoms with Gasteiger partial charge in [-0.25, -0.2) is 4.98 Å². The molecule has 11 nitrogen and oxygen atoms in total. The molecular formula is C39H61N5O6S. The van der Waals surface area contributed by atoms with Crippen LogP contribution in [0.1, 0.15) is 114 Å². The molecule has 3 amide bonds. The van der Waals surface area contributed by atoms with Gasteiger partial charge in [0.1, 0.15) is 22.8 Å². The number of thiazole rings is 1. The summed E-state index contributed by atoms with van der Waals surface area (Å²) >= 11 is 1.34. The summed E-state index contributed by atoms with van der Waals surface area (Å²) in [6.45, 7) is 13.1. The number of carbonyl (C=O) groups is 4. The van der Waals surface area contributed by atoms with E-state index in [4.69, 9.17) is 9.72 Å². The summed E-state index contributed by atoms with van der Waals surface area (Å²) in [5.74, 6) is -2.03. The molecule has 51 heavy (non-hydrogen) atoms. The Morgan fingerprint density at radius 2 is 1.73 bits per heavy atom. The van der Waals surface area contributed by atoms with Gasteiger partial charge in [-0.1, -0.05) is 84.2 Å². The standard InChI is InChI=1S/C39H61N5O6S/c1-9-28(10-2)34(42-36(46)31-19-15-16-20-43(31)7)38(47)44(8)32(25(4)5)23-33(50-11-3)37-41-30(24-51-37)35(45)40-29(21-26(6)39(48)49)22-27-17-13-12-14-18-27/h12-14,17-18,24-26,28-29,31-34H,9-11,15-16,19-23H2,1-8H3,(H,40,45)(H,42,46)(H,48,49)/t26-,29+,31?,32+,33+,34?/m0/s1. The molecule has 1 aliphatic rings. The fraction of sp³-hybridized carbons (Fsp3) is 0.667. The monoisotopic (exact) mass is 727 g/mol. The molecule has 2 unspecified atom stereocenters. The largest absolute Gasteiger partial charge is 0.481 e. The van der Waals surface area contributed by atoms with E-state index in [-0.39, 0.29) is 53.8 Å². The number of piperidine rings is 1. The van der Waals surface area contributed by atoms with Crippen LogP contribution >= 0.6 is 11.3 Å². The van der Waals surface area contributed by atoms with Crippen LogP contribution in [-0.2, 0) is 25.5 Å². The van der Waals surface area contributed by atoms with Gasteiger partial charge in [-0.2, -0.15) is 0 Å². The average molecular weight is 728 g/mol. The van der Waals surface area contributed by atoms with E-state index in [1.54, 1.807) is 17.2 Å². The van der Waals surface area contributed by atoms with E-state index >= 15 is 0 Å². The first kappa shape index (κ1) is 42.1. The number of carbonyl (C=O) groups excluding carboxylic acids is 3. The fourth-order valence-electron chi connectivity index (χ4n) is 7.14. The van der Waals surface area contributed by atoms with E-state index in [1.165, 1.54) is 11.3 Å². The molecule has 0 saturated carbocycles. The van der Waals surface area contributed by atoms with Gasteiger partial charge >= 0.3 is 5.97 Å². The number of nitrogens with one attached hydrogen (secondary N) is 2. The average Bonchev–Trinajstić information content (AvgIpc) is 3.60. The van der Waals surface area contributed by atoms with Gasteiger partial charge in [0, 0.05) is 37.5 Å². The number of likely N-dealkylation sites (N-methyl/N-ethyl adjacent to an activating group) is 2. The van der Waals surface area contributed by atoms with Gasteiger partial charge in [-0.3, -0.25) is 24.1 Å². The second-order valence-corrected chi connectivity index (χ2v) is 15.3. The highest BCUT2D eigenvalue weighted by molar-refractivity contribution is 7.09. The number of benzene rings is 1. The molecule has 2 aromatic rings. The molecule has 1 saturated heterocycles. The van der Waals surface area contributed by atoms with Gasteiger partial charge in [0.15, 0.2) is 0 Å². The van der Waals surface area contributed by atoms with Crippen LogP contribution in [0.15, 0.2) is 35.7 Å². The van der Waals surface area contributed by atoms with Crippen molar-refractivity contribution in [3.05, 3.63) is 52.0 Å². The highest BCUT2D eigenvalue weighted by Gasteiger charge is 2.37. The molecule has 0 aliphatic carbocycles. The van der Waals surface area contributed by atoms with Crippen molar-refractivity contribution in [3.8, 4) is 0 Å².